The molecule has 26 heteroatoms. The predicted octanol–water partition coefficient (Wildman–Crippen LogP) is 9.90. The fourth-order valence-electron chi connectivity index (χ4n) is 12.4. The second kappa shape index (κ2) is 29.0. The number of esters is 2. The number of carbonyl (C=O) groups excluding carboxylic acids is 6. The van der Waals surface area contributed by atoms with Crippen LogP contribution in [0.1, 0.15) is 205 Å². The largest absolute Gasteiger partial charge is 0.482 e. The van der Waals surface area contributed by atoms with Crippen LogP contribution in [0, 0.1) is 23.3 Å². The molecule has 492 valence electrons. The average Bonchev–Trinajstić information content (AvgIpc) is 1.73. The number of oxime groups is 2. The molecule has 2 aromatic carbocycles. The molecule has 2 saturated heterocycles. The Bertz CT molecular complexity index is 3700. The minimum atomic E-state index is -0.976. The Labute approximate surface area is 525 Å². The number of hydrogen-bond donors (Lipinski definition) is 2. The highest BCUT2D eigenvalue weighted by Crippen LogP contribution is 2.48. The van der Waals surface area contributed by atoms with Crippen molar-refractivity contribution in [2.75, 3.05) is 27.3 Å². The Hall–Kier alpha value is -8.84. The van der Waals surface area contributed by atoms with Crippen molar-refractivity contribution in [1.29, 1.82) is 0 Å². The number of hydrogen-bond acceptors (Lipinski definition) is 16. The van der Waals surface area contributed by atoms with E-state index in [1.54, 1.807) is 9.80 Å². The number of fused-ring (bicyclic) bond motifs is 10. The maximum Gasteiger partial charge on any atom is 0.311 e. The second-order valence-electron chi connectivity index (χ2n) is 23.7. The molecule has 6 aliphatic heterocycles. The molecule has 0 unspecified atom stereocenters. The van der Waals surface area contributed by atoms with Gasteiger partial charge in [-0.2, -0.15) is 0 Å². The Morgan fingerprint density at radius 1 is 0.637 bits per heavy atom. The highest BCUT2D eigenvalue weighted by Gasteiger charge is 2.57. The van der Waals surface area contributed by atoms with Crippen molar-refractivity contribution >= 4 is 47.4 Å². The quantitative estimate of drug-likeness (QED) is 0.0361. The van der Waals surface area contributed by atoms with Gasteiger partial charge in [-0.3, -0.25) is 38.4 Å². The van der Waals surface area contributed by atoms with E-state index in [0.717, 1.165) is 50.7 Å². The van der Waals surface area contributed by atoms with E-state index in [0.29, 0.717) is 56.0 Å². The summed E-state index contributed by atoms with van der Waals surface area (Å²) in [5.41, 5.74) is -5.02. The summed E-state index contributed by atoms with van der Waals surface area (Å²) in [6.45, 7) is 7.16. The zero-order chi connectivity index (χ0) is 65.3. The fraction of sp³-hybridized carbons (Fsp3) is 0.508. The van der Waals surface area contributed by atoms with Gasteiger partial charge in [0, 0.05) is 89.6 Å². The van der Waals surface area contributed by atoms with E-state index in [1.807, 2.05) is 13.8 Å². The van der Waals surface area contributed by atoms with Crippen LogP contribution in [0.25, 0.3) is 0 Å². The van der Waals surface area contributed by atoms with E-state index in [4.69, 9.17) is 28.6 Å². The molecule has 91 heavy (non-hydrogen) atoms. The van der Waals surface area contributed by atoms with Crippen molar-refractivity contribution in [3.05, 3.63) is 138 Å². The van der Waals surface area contributed by atoms with Crippen LogP contribution in [-0.4, -0.2) is 117 Å². The summed E-state index contributed by atoms with van der Waals surface area (Å²) in [6, 6.07) is 4.13. The predicted molar refractivity (Wildman–Crippen MR) is 327 cm³/mol. The third kappa shape index (κ3) is 14.4. The molecule has 2 aromatic heterocycles. The van der Waals surface area contributed by atoms with Gasteiger partial charge in [0.15, 0.2) is 22.6 Å². The number of nitrogens with zero attached hydrogens (tertiary/aromatic N) is 6. The smallest absolute Gasteiger partial charge is 0.311 e. The van der Waals surface area contributed by atoms with Gasteiger partial charge < -0.3 is 58.2 Å². The zero-order valence-corrected chi connectivity index (χ0v) is 51.8. The van der Waals surface area contributed by atoms with Gasteiger partial charge in [-0.25, -0.2) is 17.6 Å². The molecule has 4 bridgehead atoms. The maximum atomic E-state index is 14.4. The maximum absolute atomic E-state index is 14.4. The van der Waals surface area contributed by atoms with Gasteiger partial charge in [-0.1, -0.05) is 80.5 Å². The summed E-state index contributed by atoms with van der Waals surface area (Å²) in [4.78, 5) is 123. The van der Waals surface area contributed by atoms with Gasteiger partial charge in [0.05, 0.1) is 39.1 Å². The lowest BCUT2D eigenvalue weighted by Gasteiger charge is -2.41. The number of ether oxygens (including phenoxy) is 4. The molecule has 10 rings (SSSR count). The summed E-state index contributed by atoms with van der Waals surface area (Å²) in [6.07, 6.45) is 18.4. The third-order valence-corrected chi connectivity index (χ3v) is 17.8. The van der Waals surface area contributed by atoms with Crippen LogP contribution in [0.3, 0.4) is 0 Å². The standard InChI is InChI=1S/C38H48F2N4O7.C27H28F2N4O7.2H2/c1-4-5-6-7-8-9-10-11-12-13-14-15-32(45)50-35-33-37(48)43-24-30(38(19-18-25(43)2)21-31(49-3)42-51-38)44(33)23-28(34(35)46)36(47)41-22-26-16-17-27(39)20-29(26)40;1-4-21(34)39-24-22-26(37)32-13-19(27(8-7-14(32)2)10-20(38-3)31-40-27)33(22)12-17(23(24)35)25(36)30-11-15-5-6-16(28)9-18(15)29;;/h7-8,16-17,20,23,25,30H,4-6,9-15,18-19,21-22,24H2,1-3H3,(H,41,47);5-6,9,12,14,19H,4,7-8,10-11,13H2,1-3H3,(H,30,36);2*1H/b8-7-;;;/t25-,30+,38-;14-,19+,27-;;/m00../s1. The summed E-state index contributed by atoms with van der Waals surface area (Å²) in [7, 11) is 2.95. The number of pyridine rings is 2. The van der Waals surface area contributed by atoms with E-state index < -0.39 is 116 Å². The number of allylic oxidation sites excluding steroid dienone is 2. The third-order valence-electron chi connectivity index (χ3n) is 17.8. The van der Waals surface area contributed by atoms with Crippen LogP contribution < -0.4 is 31.0 Å². The van der Waals surface area contributed by atoms with Crippen molar-refractivity contribution in [3.8, 4) is 11.5 Å². The van der Waals surface area contributed by atoms with Gasteiger partial charge in [0.2, 0.25) is 34.2 Å². The monoisotopic (exact) mass is 1270 g/mol. The van der Waals surface area contributed by atoms with E-state index in [-0.39, 0.29) is 89.3 Å². The van der Waals surface area contributed by atoms with Gasteiger partial charge in [-0.05, 0) is 77.3 Å². The number of carbonyl (C=O) groups is 6. The van der Waals surface area contributed by atoms with Crippen LogP contribution >= 0.6 is 0 Å². The van der Waals surface area contributed by atoms with Crippen LogP contribution in [0.4, 0.5) is 17.6 Å². The van der Waals surface area contributed by atoms with Crippen LogP contribution in [0.15, 0.2) is 80.8 Å². The first-order valence-corrected chi connectivity index (χ1v) is 31.0. The number of amides is 4. The van der Waals surface area contributed by atoms with Crippen molar-refractivity contribution in [1.82, 2.24) is 29.6 Å². The molecule has 2 N–H and O–H groups in total. The van der Waals surface area contributed by atoms with Crippen molar-refractivity contribution in [2.24, 2.45) is 10.3 Å². The van der Waals surface area contributed by atoms with E-state index in [1.165, 1.54) is 67.6 Å². The first-order valence-electron chi connectivity index (χ1n) is 31.0. The molecule has 2 spiro atoms. The van der Waals surface area contributed by atoms with E-state index >= 15 is 0 Å². The highest BCUT2D eigenvalue weighted by atomic mass is 19.1. The molecule has 2 fully saturated rings. The number of aromatic nitrogens is 2. The molecule has 8 heterocycles. The highest BCUT2D eigenvalue weighted by molar-refractivity contribution is 6.01. The lowest BCUT2D eigenvalue weighted by atomic mass is 9.85. The number of methoxy groups -OCH3 is 2. The van der Waals surface area contributed by atoms with Crippen molar-refractivity contribution in [3.63, 3.8) is 0 Å². The molecule has 0 aliphatic carbocycles. The number of unbranched alkanes of at least 4 members (excludes halogenated alkanes) is 7. The Kier molecular flexibility index (Phi) is 21.2. The fourth-order valence-corrected chi connectivity index (χ4v) is 12.4. The molecule has 4 amide bonds. The molecule has 0 saturated carbocycles. The zero-order valence-electron chi connectivity index (χ0n) is 51.8. The van der Waals surface area contributed by atoms with Gasteiger partial charge >= 0.3 is 11.9 Å². The van der Waals surface area contributed by atoms with Crippen LogP contribution in [-0.2, 0) is 41.8 Å². The van der Waals surface area contributed by atoms with Gasteiger partial charge in [0.1, 0.15) is 34.4 Å². The lowest BCUT2D eigenvalue weighted by Crippen LogP contribution is -2.52. The van der Waals surface area contributed by atoms with Gasteiger partial charge in [-0.15, -0.1) is 0 Å². The van der Waals surface area contributed by atoms with Crippen molar-refractivity contribution in [2.45, 2.75) is 185 Å². The van der Waals surface area contributed by atoms with Gasteiger partial charge in [0.25, 0.3) is 23.6 Å². The first-order chi connectivity index (χ1) is 43.7. The summed E-state index contributed by atoms with van der Waals surface area (Å²) in [5.74, 6) is -7.94. The number of rotatable bonds is 20. The first kappa shape index (κ1) is 66.6. The average molecular weight is 1270 g/mol. The summed E-state index contributed by atoms with van der Waals surface area (Å²) < 4.78 is 80.0. The lowest BCUT2D eigenvalue weighted by molar-refractivity contribution is -0.135. The van der Waals surface area contributed by atoms with Crippen molar-refractivity contribution < 1.29 is 77.8 Å². The number of nitrogens with one attached hydrogen (secondary N) is 2. The minimum Gasteiger partial charge on any atom is -0.482 e. The molecule has 0 radical (unpaired) electrons. The summed E-state index contributed by atoms with van der Waals surface area (Å²) in [5, 5.41) is 13.2. The Morgan fingerprint density at radius 2 is 1.08 bits per heavy atom. The van der Waals surface area contributed by atoms with Crippen LogP contribution in [0.5, 0.6) is 11.5 Å². The van der Waals surface area contributed by atoms with E-state index in [2.05, 4.69) is 40.0 Å². The second-order valence-corrected chi connectivity index (χ2v) is 23.7. The molecular formula is C65H80F4N8O14. The van der Waals surface area contributed by atoms with E-state index in [9.17, 15) is 55.9 Å². The molecule has 22 nitrogen and oxygen atoms in total. The van der Waals surface area contributed by atoms with Crippen LogP contribution in [0.2, 0.25) is 0 Å². The Morgan fingerprint density at radius 3 is 1.51 bits per heavy atom. The number of halogens is 4. The molecule has 4 aromatic rings. The molecule has 6 aliphatic rings. The molecule has 6 atom stereocenters. The molecular weight excluding hydrogens is 1190 g/mol. The SMILES string of the molecule is CCC(=O)Oc1c2n(cc(C(=O)NCc3ccc(F)cc3F)c1=O)[C@@H]1CN(C2=O)[C@@H](C)CC[C@]12CC(OC)=NO2.CCCC/C=C\CCCCCCCC(=O)Oc1c2n(cc(C(=O)NCc3ccc(F)cc3F)c1=O)[C@@H]1CN(C2=O)[C@@H](C)CC[C@]12CC(OC)=NO2.[HH].[HH]. The summed E-state index contributed by atoms with van der Waals surface area (Å²) >= 11 is 0. The normalized spacial score (nSPS) is 21.9. The topological polar surface area (TPSA) is 257 Å². The Balaban J connectivity index is 0.000000265. The number of benzene rings is 2. The minimum absolute atomic E-state index is 0.